The summed E-state index contributed by atoms with van der Waals surface area (Å²) >= 11 is 7.08. The van der Waals surface area contributed by atoms with Crippen molar-refractivity contribution in [2.45, 2.75) is 12.1 Å². The standard InChI is InChI=1S/C13H9ClN4O2S/c1-7-10(12(19)21-13-15-6-16-17-13)11(18-20-7)8-4-2-3-5-9(8)14/h2-6H,1H3,(H,15,16,17). The van der Waals surface area contributed by atoms with Crippen LogP contribution in [-0.4, -0.2) is 25.5 Å². The van der Waals surface area contributed by atoms with E-state index in [4.69, 9.17) is 16.1 Å². The molecule has 0 atom stereocenters. The lowest BCUT2D eigenvalue weighted by Gasteiger charge is -2.02. The fourth-order valence-electron chi connectivity index (χ4n) is 1.83. The number of aryl methyl sites for hydroxylation is 1. The number of hydrogen-bond donors (Lipinski definition) is 1. The molecule has 0 aliphatic heterocycles. The van der Waals surface area contributed by atoms with Gasteiger partial charge in [-0.1, -0.05) is 35.0 Å². The Hall–Kier alpha value is -2.12. The Kier molecular flexibility index (Phi) is 3.76. The molecule has 21 heavy (non-hydrogen) atoms. The van der Waals surface area contributed by atoms with Crippen molar-refractivity contribution in [1.29, 1.82) is 0 Å². The third-order valence-electron chi connectivity index (χ3n) is 2.78. The fourth-order valence-corrected chi connectivity index (χ4v) is 2.77. The fraction of sp³-hybridized carbons (Fsp3) is 0.0769. The van der Waals surface area contributed by atoms with Crippen LogP contribution in [-0.2, 0) is 0 Å². The van der Waals surface area contributed by atoms with Crippen molar-refractivity contribution in [2.75, 3.05) is 0 Å². The molecule has 0 fully saturated rings. The zero-order valence-corrected chi connectivity index (χ0v) is 12.4. The predicted octanol–water partition coefficient (Wildman–Crippen LogP) is 3.35. The zero-order chi connectivity index (χ0) is 14.8. The minimum atomic E-state index is -0.236. The van der Waals surface area contributed by atoms with Gasteiger partial charge in [0.15, 0.2) is 5.16 Å². The molecule has 0 spiro atoms. The first-order chi connectivity index (χ1) is 10.2. The third kappa shape index (κ3) is 2.70. The maximum absolute atomic E-state index is 12.4. The summed E-state index contributed by atoms with van der Waals surface area (Å²) in [6.07, 6.45) is 1.34. The van der Waals surface area contributed by atoms with E-state index in [1.807, 2.05) is 12.1 Å². The van der Waals surface area contributed by atoms with Gasteiger partial charge in [-0.05, 0) is 24.8 Å². The second-order valence-electron chi connectivity index (χ2n) is 4.12. The van der Waals surface area contributed by atoms with E-state index in [1.54, 1.807) is 19.1 Å². The maximum Gasteiger partial charge on any atom is 0.232 e. The van der Waals surface area contributed by atoms with Gasteiger partial charge in [-0.15, -0.1) is 0 Å². The molecule has 0 aliphatic rings. The molecule has 2 aromatic heterocycles. The van der Waals surface area contributed by atoms with Gasteiger partial charge in [0, 0.05) is 5.56 Å². The van der Waals surface area contributed by atoms with E-state index in [-0.39, 0.29) is 5.12 Å². The van der Waals surface area contributed by atoms with E-state index in [2.05, 4.69) is 20.3 Å². The van der Waals surface area contributed by atoms with Crippen molar-refractivity contribution in [3.05, 3.63) is 46.9 Å². The number of halogens is 1. The van der Waals surface area contributed by atoms with Gasteiger partial charge in [0.2, 0.25) is 5.12 Å². The predicted molar refractivity (Wildman–Crippen MR) is 78.3 cm³/mol. The van der Waals surface area contributed by atoms with Crippen LogP contribution >= 0.6 is 23.4 Å². The highest BCUT2D eigenvalue weighted by atomic mass is 35.5. The lowest BCUT2D eigenvalue weighted by atomic mass is 10.1. The van der Waals surface area contributed by atoms with Gasteiger partial charge in [-0.25, -0.2) is 4.98 Å². The molecule has 8 heteroatoms. The summed E-state index contributed by atoms with van der Waals surface area (Å²) in [5.41, 5.74) is 1.46. The summed E-state index contributed by atoms with van der Waals surface area (Å²) < 4.78 is 5.16. The van der Waals surface area contributed by atoms with Crippen LogP contribution in [0.15, 0.2) is 40.3 Å². The van der Waals surface area contributed by atoms with E-state index in [9.17, 15) is 4.79 Å². The summed E-state index contributed by atoms with van der Waals surface area (Å²) in [5.74, 6) is 0.432. The van der Waals surface area contributed by atoms with Crippen LogP contribution in [0.25, 0.3) is 11.3 Å². The molecule has 0 bridgehead atoms. The maximum atomic E-state index is 12.4. The largest absolute Gasteiger partial charge is 0.360 e. The van der Waals surface area contributed by atoms with Crippen LogP contribution in [0.2, 0.25) is 5.02 Å². The van der Waals surface area contributed by atoms with Crippen LogP contribution in [0, 0.1) is 6.92 Å². The van der Waals surface area contributed by atoms with Crippen molar-refractivity contribution in [2.24, 2.45) is 0 Å². The van der Waals surface area contributed by atoms with Crippen LogP contribution < -0.4 is 0 Å². The number of hydrogen-bond acceptors (Lipinski definition) is 6. The number of carbonyl (C=O) groups excluding carboxylic acids is 1. The molecule has 0 radical (unpaired) electrons. The summed E-state index contributed by atoms with van der Waals surface area (Å²) in [5, 5.41) is 11.0. The van der Waals surface area contributed by atoms with Crippen molar-refractivity contribution >= 4 is 28.5 Å². The first-order valence-corrected chi connectivity index (χ1v) is 7.15. The van der Waals surface area contributed by atoms with E-state index in [1.165, 1.54) is 6.33 Å². The Morgan fingerprint density at radius 3 is 2.90 bits per heavy atom. The molecule has 3 rings (SSSR count). The molecule has 3 aromatic rings. The smallest absolute Gasteiger partial charge is 0.232 e. The number of aromatic nitrogens is 4. The molecule has 0 aliphatic carbocycles. The second-order valence-corrected chi connectivity index (χ2v) is 5.49. The Balaban J connectivity index is 2.01. The minimum Gasteiger partial charge on any atom is -0.360 e. The van der Waals surface area contributed by atoms with E-state index in [0.29, 0.717) is 32.8 Å². The normalized spacial score (nSPS) is 10.8. The molecule has 0 saturated carbocycles. The Labute approximate surface area is 128 Å². The monoisotopic (exact) mass is 320 g/mol. The van der Waals surface area contributed by atoms with Crippen molar-refractivity contribution < 1.29 is 9.32 Å². The third-order valence-corrected chi connectivity index (χ3v) is 3.89. The highest BCUT2D eigenvalue weighted by Crippen LogP contribution is 2.33. The lowest BCUT2D eigenvalue weighted by molar-refractivity contribution is 0.108. The molecule has 1 aromatic carbocycles. The summed E-state index contributed by atoms with van der Waals surface area (Å²) in [6, 6.07) is 7.15. The van der Waals surface area contributed by atoms with Gasteiger partial charge in [-0.2, -0.15) is 5.10 Å². The number of benzene rings is 1. The van der Waals surface area contributed by atoms with Crippen LogP contribution in [0.4, 0.5) is 0 Å². The number of thioether (sulfide) groups is 1. The molecule has 2 heterocycles. The first kappa shape index (κ1) is 13.8. The first-order valence-electron chi connectivity index (χ1n) is 5.95. The lowest BCUT2D eigenvalue weighted by Crippen LogP contribution is -1.98. The number of nitrogens with one attached hydrogen (secondary N) is 1. The van der Waals surface area contributed by atoms with Gasteiger partial charge >= 0.3 is 0 Å². The SMILES string of the molecule is Cc1onc(-c2ccccc2Cl)c1C(=O)Sc1ncn[nH]1. The van der Waals surface area contributed by atoms with Crippen molar-refractivity contribution in [3.8, 4) is 11.3 Å². The van der Waals surface area contributed by atoms with Gasteiger partial charge in [0.1, 0.15) is 17.8 Å². The second kappa shape index (κ2) is 5.71. The Morgan fingerprint density at radius 2 is 2.19 bits per heavy atom. The molecule has 0 unspecified atom stereocenters. The topological polar surface area (TPSA) is 84.7 Å². The highest BCUT2D eigenvalue weighted by Gasteiger charge is 2.24. The highest BCUT2D eigenvalue weighted by molar-refractivity contribution is 8.14. The zero-order valence-electron chi connectivity index (χ0n) is 10.8. The average Bonchev–Trinajstić information content (AvgIpc) is 3.09. The summed E-state index contributed by atoms with van der Waals surface area (Å²) in [4.78, 5) is 16.3. The average molecular weight is 321 g/mol. The molecule has 1 N–H and O–H groups in total. The Bertz CT molecular complexity index is 785. The van der Waals surface area contributed by atoms with Gasteiger partial charge < -0.3 is 4.52 Å². The van der Waals surface area contributed by atoms with Gasteiger partial charge in [0.25, 0.3) is 0 Å². The molecular weight excluding hydrogens is 312 g/mol. The van der Waals surface area contributed by atoms with Crippen LogP contribution in [0.1, 0.15) is 16.1 Å². The van der Waals surface area contributed by atoms with Crippen LogP contribution in [0.3, 0.4) is 0 Å². The number of nitrogens with zero attached hydrogens (tertiary/aromatic N) is 3. The Morgan fingerprint density at radius 1 is 1.38 bits per heavy atom. The number of aromatic amines is 1. The number of carbonyl (C=O) groups is 1. The van der Waals surface area contributed by atoms with E-state index >= 15 is 0 Å². The molecule has 106 valence electrons. The quantitative estimate of drug-likeness (QED) is 0.745. The molecular formula is C13H9ClN4O2S. The minimum absolute atomic E-state index is 0.236. The van der Waals surface area contributed by atoms with Crippen molar-refractivity contribution in [3.63, 3.8) is 0 Å². The van der Waals surface area contributed by atoms with Gasteiger partial charge in [0.05, 0.1) is 10.6 Å². The van der Waals surface area contributed by atoms with Gasteiger partial charge in [-0.3, -0.25) is 9.89 Å². The molecule has 0 saturated heterocycles. The van der Waals surface area contributed by atoms with E-state index < -0.39 is 0 Å². The number of H-pyrrole nitrogens is 1. The van der Waals surface area contributed by atoms with Crippen molar-refractivity contribution in [1.82, 2.24) is 20.3 Å². The number of rotatable bonds is 3. The summed E-state index contributed by atoms with van der Waals surface area (Å²) in [6.45, 7) is 1.68. The van der Waals surface area contributed by atoms with E-state index in [0.717, 1.165) is 11.8 Å². The summed E-state index contributed by atoms with van der Waals surface area (Å²) in [7, 11) is 0. The molecule has 0 amide bonds. The molecule has 6 nitrogen and oxygen atoms in total. The van der Waals surface area contributed by atoms with Crippen LogP contribution in [0.5, 0.6) is 0 Å².